The van der Waals surface area contributed by atoms with E-state index in [2.05, 4.69) is 4.98 Å². The zero-order chi connectivity index (χ0) is 13.5. The summed E-state index contributed by atoms with van der Waals surface area (Å²) >= 11 is 0. The summed E-state index contributed by atoms with van der Waals surface area (Å²) in [7, 11) is 0. The van der Waals surface area contributed by atoms with Crippen molar-refractivity contribution < 1.29 is 19.5 Å². The van der Waals surface area contributed by atoms with E-state index in [1.54, 1.807) is 13.8 Å². The minimum absolute atomic E-state index is 0.0576. The number of carboxylic acid groups (broad SMARTS) is 1. The van der Waals surface area contributed by atoms with E-state index in [0.717, 1.165) is 4.90 Å². The van der Waals surface area contributed by atoms with Gasteiger partial charge in [-0.2, -0.15) is 0 Å². The van der Waals surface area contributed by atoms with Gasteiger partial charge in [0.2, 0.25) is 11.8 Å². The van der Waals surface area contributed by atoms with Gasteiger partial charge < -0.3 is 5.11 Å². The smallest absolute Gasteiger partial charge is 0.337 e. The lowest BCUT2D eigenvalue weighted by Crippen LogP contribution is -2.33. The van der Waals surface area contributed by atoms with E-state index in [9.17, 15) is 14.4 Å². The van der Waals surface area contributed by atoms with E-state index in [-0.39, 0.29) is 29.5 Å². The van der Waals surface area contributed by atoms with Gasteiger partial charge in [-0.05, 0) is 6.07 Å². The van der Waals surface area contributed by atoms with Gasteiger partial charge in [-0.25, -0.2) is 9.69 Å². The quantitative estimate of drug-likeness (QED) is 0.791. The number of aromatic nitrogens is 1. The van der Waals surface area contributed by atoms with Crippen molar-refractivity contribution >= 4 is 23.5 Å². The Morgan fingerprint density at radius 3 is 2.56 bits per heavy atom. The highest BCUT2D eigenvalue weighted by atomic mass is 16.4. The second kappa shape index (κ2) is 3.90. The van der Waals surface area contributed by atoms with Gasteiger partial charge >= 0.3 is 5.97 Å². The number of carboxylic acids is 1. The van der Waals surface area contributed by atoms with Gasteiger partial charge in [0.05, 0.1) is 22.9 Å². The summed E-state index contributed by atoms with van der Waals surface area (Å²) in [5.41, 5.74) is -0.607. The first kappa shape index (κ1) is 12.2. The molecule has 2 heterocycles. The minimum atomic E-state index is -1.15. The van der Waals surface area contributed by atoms with Gasteiger partial charge in [0.15, 0.2) is 0 Å². The Morgan fingerprint density at radius 1 is 1.39 bits per heavy atom. The molecule has 2 rings (SSSR count). The molecule has 2 amide bonds. The van der Waals surface area contributed by atoms with Crippen LogP contribution in [0.4, 0.5) is 5.69 Å². The highest BCUT2D eigenvalue weighted by Gasteiger charge is 2.45. The van der Waals surface area contributed by atoms with Gasteiger partial charge in [-0.1, -0.05) is 13.8 Å². The molecular weight excluding hydrogens is 236 g/mol. The number of nitrogens with zero attached hydrogens (tertiary/aromatic N) is 2. The third-order valence-electron chi connectivity index (χ3n) is 2.85. The summed E-state index contributed by atoms with van der Waals surface area (Å²) < 4.78 is 0. The van der Waals surface area contributed by atoms with Crippen molar-refractivity contribution in [1.82, 2.24) is 4.98 Å². The lowest BCUT2D eigenvalue weighted by atomic mass is 9.92. The molecule has 0 bridgehead atoms. The highest BCUT2D eigenvalue weighted by Crippen LogP contribution is 2.34. The molecule has 0 atom stereocenters. The molecule has 18 heavy (non-hydrogen) atoms. The largest absolute Gasteiger partial charge is 0.478 e. The van der Waals surface area contributed by atoms with E-state index in [4.69, 9.17) is 5.11 Å². The molecule has 1 saturated heterocycles. The third kappa shape index (κ3) is 1.85. The summed E-state index contributed by atoms with van der Waals surface area (Å²) in [6.07, 6.45) is 2.59. The van der Waals surface area contributed by atoms with Crippen molar-refractivity contribution in [3.63, 3.8) is 0 Å². The van der Waals surface area contributed by atoms with Crippen LogP contribution in [0.15, 0.2) is 18.5 Å². The first-order chi connectivity index (χ1) is 8.33. The molecule has 6 heteroatoms. The number of rotatable bonds is 2. The summed E-state index contributed by atoms with van der Waals surface area (Å²) in [4.78, 5) is 39.4. The van der Waals surface area contributed by atoms with Crippen LogP contribution in [-0.4, -0.2) is 27.9 Å². The van der Waals surface area contributed by atoms with Crippen LogP contribution < -0.4 is 4.90 Å². The molecule has 1 fully saturated rings. The SMILES string of the molecule is CC1(C)CC(=O)N(c2cncc(C(=O)O)c2)C1=O. The van der Waals surface area contributed by atoms with Gasteiger partial charge in [0, 0.05) is 12.6 Å². The second-order valence-electron chi connectivity index (χ2n) is 4.83. The monoisotopic (exact) mass is 248 g/mol. The van der Waals surface area contributed by atoms with Crippen molar-refractivity contribution in [3.8, 4) is 0 Å². The van der Waals surface area contributed by atoms with E-state index in [1.807, 2.05) is 0 Å². The molecule has 0 saturated carbocycles. The Morgan fingerprint density at radius 2 is 2.06 bits per heavy atom. The molecule has 1 N–H and O–H groups in total. The minimum Gasteiger partial charge on any atom is -0.478 e. The molecule has 1 aliphatic rings. The van der Waals surface area contributed by atoms with Gasteiger partial charge in [-0.15, -0.1) is 0 Å². The fourth-order valence-electron chi connectivity index (χ4n) is 1.88. The van der Waals surface area contributed by atoms with Crippen LogP contribution >= 0.6 is 0 Å². The number of imide groups is 1. The molecule has 6 nitrogen and oxygen atoms in total. The Balaban J connectivity index is 2.44. The van der Waals surface area contributed by atoms with Crippen LogP contribution in [-0.2, 0) is 9.59 Å². The zero-order valence-electron chi connectivity index (χ0n) is 10.0. The number of amides is 2. The van der Waals surface area contributed by atoms with Gasteiger partial charge in [0.1, 0.15) is 0 Å². The number of carbonyl (C=O) groups excluding carboxylic acids is 2. The van der Waals surface area contributed by atoms with E-state index < -0.39 is 11.4 Å². The van der Waals surface area contributed by atoms with Gasteiger partial charge in [-0.3, -0.25) is 14.6 Å². The molecule has 0 spiro atoms. The second-order valence-corrected chi connectivity index (χ2v) is 4.83. The molecule has 94 valence electrons. The normalized spacial score (nSPS) is 18.2. The van der Waals surface area contributed by atoms with Crippen molar-refractivity contribution in [3.05, 3.63) is 24.0 Å². The van der Waals surface area contributed by atoms with Crippen LogP contribution in [0.1, 0.15) is 30.6 Å². The summed E-state index contributed by atoms with van der Waals surface area (Å²) in [5, 5.41) is 8.86. The molecule has 1 aliphatic heterocycles. The van der Waals surface area contributed by atoms with E-state index in [1.165, 1.54) is 18.5 Å². The molecule has 0 aromatic carbocycles. The Labute approximate surface area is 103 Å². The first-order valence-electron chi connectivity index (χ1n) is 5.39. The third-order valence-corrected chi connectivity index (χ3v) is 2.85. The molecule has 0 aliphatic carbocycles. The average molecular weight is 248 g/mol. The fourth-order valence-corrected chi connectivity index (χ4v) is 1.88. The molecule has 0 radical (unpaired) electrons. The number of hydrogen-bond acceptors (Lipinski definition) is 4. The van der Waals surface area contributed by atoms with Crippen molar-refractivity contribution in [2.24, 2.45) is 5.41 Å². The molecule has 0 unspecified atom stereocenters. The molecule has 1 aromatic heterocycles. The highest BCUT2D eigenvalue weighted by molar-refractivity contribution is 6.22. The summed E-state index contributed by atoms with van der Waals surface area (Å²) in [6, 6.07) is 1.27. The van der Waals surface area contributed by atoms with E-state index in [0.29, 0.717) is 0 Å². The predicted octanol–water partition coefficient (Wildman–Crippen LogP) is 1.07. The molecule has 1 aromatic rings. The predicted molar refractivity (Wildman–Crippen MR) is 62.1 cm³/mol. The number of carbonyl (C=O) groups is 3. The number of hydrogen-bond donors (Lipinski definition) is 1. The topological polar surface area (TPSA) is 87.6 Å². The number of pyridine rings is 1. The van der Waals surface area contributed by atoms with Crippen molar-refractivity contribution in [2.45, 2.75) is 20.3 Å². The lowest BCUT2D eigenvalue weighted by Gasteiger charge is -2.17. The summed E-state index contributed by atoms with van der Waals surface area (Å²) in [5.74, 6) is -1.83. The standard InChI is InChI=1S/C12H12N2O4/c1-12(2)4-9(15)14(11(12)18)8-3-7(10(16)17)5-13-6-8/h3,5-6H,4H2,1-2H3,(H,16,17). The Kier molecular flexibility index (Phi) is 2.65. The van der Waals surface area contributed by atoms with Gasteiger partial charge in [0.25, 0.3) is 0 Å². The number of anilines is 1. The maximum Gasteiger partial charge on any atom is 0.337 e. The maximum absolute atomic E-state index is 12.0. The number of aromatic carboxylic acids is 1. The lowest BCUT2D eigenvalue weighted by molar-refractivity contribution is -0.124. The Bertz CT molecular complexity index is 551. The molecular formula is C12H12N2O4. The maximum atomic E-state index is 12.0. The average Bonchev–Trinajstić information content (AvgIpc) is 2.48. The first-order valence-corrected chi connectivity index (χ1v) is 5.39. The van der Waals surface area contributed by atoms with Crippen LogP contribution in [0.2, 0.25) is 0 Å². The summed E-state index contributed by atoms with van der Waals surface area (Å²) in [6.45, 7) is 3.36. The van der Waals surface area contributed by atoms with E-state index >= 15 is 0 Å². The van der Waals surface area contributed by atoms with Crippen LogP contribution in [0.5, 0.6) is 0 Å². The Hall–Kier alpha value is -2.24. The van der Waals surface area contributed by atoms with Crippen LogP contribution in [0.25, 0.3) is 0 Å². The van der Waals surface area contributed by atoms with Crippen LogP contribution in [0.3, 0.4) is 0 Å². The fraction of sp³-hybridized carbons (Fsp3) is 0.333. The van der Waals surface area contributed by atoms with Crippen molar-refractivity contribution in [1.29, 1.82) is 0 Å². The zero-order valence-corrected chi connectivity index (χ0v) is 10.0. The van der Waals surface area contributed by atoms with Crippen LogP contribution in [0, 0.1) is 5.41 Å². The van der Waals surface area contributed by atoms with Crippen molar-refractivity contribution in [2.75, 3.05) is 4.90 Å².